The largest absolute Gasteiger partial charge is 0.480 e. The van der Waals surface area contributed by atoms with E-state index in [0.717, 1.165) is 37.4 Å². The molecule has 1 aliphatic carbocycles. The minimum Gasteiger partial charge on any atom is -0.480 e. The Balaban J connectivity index is 2.00. The monoisotopic (exact) mass is 229 g/mol. The van der Waals surface area contributed by atoms with Crippen LogP contribution >= 0.6 is 11.8 Å². The number of rotatable bonds is 3. The fourth-order valence-electron chi connectivity index (χ4n) is 2.78. The van der Waals surface area contributed by atoms with Crippen molar-refractivity contribution in [1.29, 1.82) is 0 Å². The van der Waals surface area contributed by atoms with E-state index in [0.29, 0.717) is 5.92 Å². The number of hydrogen-bond donors (Lipinski definition) is 1. The van der Waals surface area contributed by atoms with Crippen molar-refractivity contribution in [2.45, 2.75) is 31.7 Å². The van der Waals surface area contributed by atoms with Gasteiger partial charge in [0.1, 0.15) is 6.04 Å². The fraction of sp³-hybridized carbons (Fsp3) is 0.909. The van der Waals surface area contributed by atoms with Crippen molar-refractivity contribution in [1.82, 2.24) is 4.90 Å². The van der Waals surface area contributed by atoms with Crippen LogP contribution in [0.1, 0.15) is 25.7 Å². The van der Waals surface area contributed by atoms with E-state index in [4.69, 9.17) is 0 Å². The van der Waals surface area contributed by atoms with Crippen molar-refractivity contribution in [3.8, 4) is 0 Å². The Morgan fingerprint density at radius 2 is 1.87 bits per heavy atom. The van der Waals surface area contributed by atoms with Crippen LogP contribution in [0.3, 0.4) is 0 Å². The molecule has 1 saturated heterocycles. The molecule has 0 aromatic carbocycles. The van der Waals surface area contributed by atoms with Gasteiger partial charge in [0.25, 0.3) is 0 Å². The average molecular weight is 229 g/mol. The van der Waals surface area contributed by atoms with Gasteiger partial charge in [0.2, 0.25) is 0 Å². The van der Waals surface area contributed by atoms with Crippen LogP contribution < -0.4 is 0 Å². The van der Waals surface area contributed by atoms with Crippen molar-refractivity contribution < 1.29 is 9.90 Å². The molecule has 0 radical (unpaired) electrons. The Morgan fingerprint density at radius 1 is 1.27 bits per heavy atom. The highest BCUT2D eigenvalue weighted by molar-refractivity contribution is 7.99. The zero-order valence-corrected chi connectivity index (χ0v) is 9.84. The molecular formula is C11H19NO2S. The summed E-state index contributed by atoms with van der Waals surface area (Å²) in [6.07, 6.45) is 4.66. The topological polar surface area (TPSA) is 40.5 Å². The molecule has 0 amide bonds. The second-order valence-electron chi connectivity index (χ2n) is 4.48. The first kappa shape index (κ1) is 11.3. The van der Waals surface area contributed by atoms with Crippen molar-refractivity contribution in [2.75, 3.05) is 24.6 Å². The fourth-order valence-corrected chi connectivity index (χ4v) is 3.72. The second kappa shape index (κ2) is 5.21. The van der Waals surface area contributed by atoms with Crippen molar-refractivity contribution in [3.05, 3.63) is 0 Å². The highest BCUT2D eigenvalue weighted by atomic mass is 32.2. The molecule has 1 aliphatic heterocycles. The zero-order chi connectivity index (χ0) is 10.7. The van der Waals surface area contributed by atoms with E-state index in [1.807, 2.05) is 11.8 Å². The van der Waals surface area contributed by atoms with Gasteiger partial charge in [-0.1, -0.05) is 12.8 Å². The van der Waals surface area contributed by atoms with E-state index < -0.39 is 5.97 Å². The molecular weight excluding hydrogens is 210 g/mol. The van der Waals surface area contributed by atoms with E-state index in [1.165, 1.54) is 12.8 Å². The van der Waals surface area contributed by atoms with Gasteiger partial charge in [-0.05, 0) is 18.8 Å². The molecule has 1 N–H and O–H groups in total. The molecule has 3 nitrogen and oxygen atoms in total. The maximum absolute atomic E-state index is 11.3. The molecule has 2 rings (SSSR count). The summed E-state index contributed by atoms with van der Waals surface area (Å²) in [4.78, 5) is 13.5. The smallest absolute Gasteiger partial charge is 0.321 e. The van der Waals surface area contributed by atoms with Gasteiger partial charge in [0.05, 0.1) is 0 Å². The number of thioether (sulfide) groups is 1. The minimum atomic E-state index is -0.603. The summed E-state index contributed by atoms with van der Waals surface area (Å²) in [6, 6.07) is -0.201. The Bertz CT molecular complexity index is 223. The quantitative estimate of drug-likeness (QED) is 0.799. The van der Waals surface area contributed by atoms with Crippen LogP contribution in [-0.2, 0) is 4.79 Å². The molecule has 2 aliphatic rings. The van der Waals surface area contributed by atoms with Crippen LogP contribution in [0.25, 0.3) is 0 Å². The van der Waals surface area contributed by atoms with Crippen LogP contribution in [0.15, 0.2) is 0 Å². The number of carboxylic acids is 1. The third-order valence-corrected chi connectivity index (χ3v) is 4.48. The van der Waals surface area contributed by atoms with Gasteiger partial charge in [-0.25, -0.2) is 0 Å². The molecule has 0 spiro atoms. The number of hydrogen-bond acceptors (Lipinski definition) is 3. The van der Waals surface area contributed by atoms with E-state index >= 15 is 0 Å². The average Bonchev–Trinajstić information content (AvgIpc) is 2.72. The standard InChI is InChI=1S/C11H19NO2S/c13-11(14)10(9-3-1-2-4-9)12-5-7-15-8-6-12/h9-10H,1-8H2,(H,13,14). The van der Waals surface area contributed by atoms with Crippen LogP contribution in [-0.4, -0.2) is 46.6 Å². The van der Waals surface area contributed by atoms with E-state index in [2.05, 4.69) is 4.90 Å². The lowest BCUT2D eigenvalue weighted by atomic mass is 9.96. The highest BCUT2D eigenvalue weighted by Gasteiger charge is 2.35. The van der Waals surface area contributed by atoms with Gasteiger partial charge in [0, 0.05) is 24.6 Å². The molecule has 86 valence electrons. The summed E-state index contributed by atoms with van der Waals surface area (Å²) in [6.45, 7) is 1.91. The molecule has 1 heterocycles. The SMILES string of the molecule is O=C(O)C(C1CCCC1)N1CCSCC1. The lowest BCUT2D eigenvalue weighted by Crippen LogP contribution is -2.49. The Kier molecular flexibility index (Phi) is 3.92. The highest BCUT2D eigenvalue weighted by Crippen LogP contribution is 2.31. The predicted octanol–water partition coefficient (Wildman–Crippen LogP) is 1.68. The molecule has 0 aromatic heterocycles. The Morgan fingerprint density at radius 3 is 2.40 bits per heavy atom. The third kappa shape index (κ3) is 2.67. The Hall–Kier alpha value is -0.220. The predicted molar refractivity (Wildman–Crippen MR) is 62.3 cm³/mol. The first-order valence-electron chi connectivity index (χ1n) is 5.83. The molecule has 0 aromatic rings. The normalized spacial score (nSPS) is 26.7. The number of nitrogens with zero attached hydrogens (tertiary/aromatic N) is 1. The van der Waals surface area contributed by atoms with E-state index in [1.54, 1.807) is 0 Å². The first-order chi connectivity index (χ1) is 7.29. The van der Waals surface area contributed by atoms with E-state index in [-0.39, 0.29) is 6.04 Å². The zero-order valence-electron chi connectivity index (χ0n) is 9.02. The minimum absolute atomic E-state index is 0.201. The number of aliphatic carboxylic acids is 1. The molecule has 2 fully saturated rings. The maximum Gasteiger partial charge on any atom is 0.321 e. The lowest BCUT2D eigenvalue weighted by molar-refractivity contribution is -0.145. The molecule has 1 saturated carbocycles. The Labute approximate surface area is 95.2 Å². The van der Waals surface area contributed by atoms with Gasteiger partial charge in [-0.2, -0.15) is 11.8 Å². The summed E-state index contributed by atoms with van der Waals surface area (Å²) in [5.41, 5.74) is 0. The lowest BCUT2D eigenvalue weighted by Gasteiger charge is -2.34. The first-order valence-corrected chi connectivity index (χ1v) is 6.99. The van der Waals surface area contributed by atoms with Crippen molar-refractivity contribution in [3.63, 3.8) is 0 Å². The molecule has 1 atom stereocenters. The van der Waals surface area contributed by atoms with Gasteiger partial charge < -0.3 is 5.11 Å². The summed E-state index contributed by atoms with van der Waals surface area (Å²) in [7, 11) is 0. The summed E-state index contributed by atoms with van der Waals surface area (Å²) >= 11 is 1.94. The third-order valence-electron chi connectivity index (χ3n) is 3.54. The second-order valence-corrected chi connectivity index (χ2v) is 5.70. The summed E-state index contributed by atoms with van der Waals surface area (Å²) in [5.74, 6) is 1.99. The maximum atomic E-state index is 11.3. The molecule has 0 bridgehead atoms. The van der Waals surface area contributed by atoms with Gasteiger partial charge in [-0.15, -0.1) is 0 Å². The van der Waals surface area contributed by atoms with Gasteiger partial charge >= 0.3 is 5.97 Å². The van der Waals surface area contributed by atoms with Crippen molar-refractivity contribution in [2.24, 2.45) is 5.92 Å². The van der Waals surface area contributed by atoms with Crippen LogP contribution in [0.4, 0.5) is 0 Å². The summed E-state index contributed by atoms with van der Waals surface area (Å²) in [5, 5.41) is 9.34. The van der Waals surface area contributed by atoms with Crippen molar-refractivity contribution >= 4 is 17.7 Å². The van der Waals surface area contributed by atoms with Crippen LogP contribution in [0.5, 0.6) is 0 Å². The molecule has 1 unspecified atom stereocenters. The van der Waals surface area contributed by atoms with Crippen LogP contribution in [0, 0.1) is 5.92 Å². The molecule has 15 heavy (non-hydrogen) atoms. The van der Waals surface area contributed by atoms with E-state index in [9.17, 15) is 9.90 Å². The van der Waals surface area contributed by atoms with Gasteiger partial charge in [0.15, 0.2) is 0 Å². The number of carboxylic acid groups (broad SMARTS) is 1. The summed E-state index contributed by atoms with van der Waals surface area (Å²) < 4.78 is 0. The van der Waals surface area contributed by atoms with Crippen LogP contribution in [0.2, 0.25) is 0 Å². The number of carbonyl (C=O) groups is 1. The van der Waals surface area contributed by atoms with Gasteiger partial charge in [-0.3, -0.25) is 9.69 Å². The molecule has 4 heteroatoms.